The quantitative estimate of drug-likeness (QED) is 0.871. The summed E-state index contributed by atoms with van der Waals surface area (Å²) in [5.74, 6) is 0. The number of benzene rings is 1. The maximum Gasteiger partial charge on any atom is 0.241 e. The Morgan fingerprint density at radius 2 is 2.26 bits per heavy atom. The molecule has 6 heteroatoms. The molecule has 104 valence electrons. The Morgan fingerprint density at radius 3 is 3.00 bits per heavy atom. The molecule has 2 aliphatic heterocycles. The predicted molar refractivity (Wildman–Crippen MR) is 72.8 cm³/mol. The first-order valence-electron chi connectivity index (χ1n) is 6.47. The average Bonchev–Trinajstić information content (AvgIpc) is 2.96. The van der Waals surface area contributed by atoms with Crippen LogP contribution < -0.4 is 10.0 Å². The first-order valence-corrected chi connectivity index (χ1v) is 7.95. The Balaban J connectivity index is 1.88. The van der Waals surface area contributed by atoms with Gasteiger partial charge in [0.25, 0.3) is 0 Å². The minimum atomic E-state index is -3.49. The van der Waals surface area contributed by atoms with E-state index < -0.39 is 15.6 Å². The zero-order valence-electron chi connectivity index (χ0n) is 10.9. The Labute approximate surface area is 113 Å². The molecule has 0 amide bonds. The minimum Gasteiger partial charge on any atom is -0.384 e. The standard InChI is InChI=1S/C13H18N2O3S/c1-13(5-7-18-9-13)15-19(16,17)11-3-2-10-4-6-14-12(10)8-11/h2-3,8,14-15H,4-7,9H2,1H3. The van der Waals surface area contributed by atoms with Crippen molar-refractivity contribution in [2.75, 3.05) is 25.1 Å². The summed E-state index contributed by atoms with van der Waals surface area (Å²) < 4.78 is 32.8. The SMILES string of the molecule is CC1(NS(=O)(=O)c2ccc3c(c2)NCC3)CCOC1. The van der Waals surface area contributed by atoms with Gasteiger partial charge in [0.2, 0.25) is 10.0 Å². The maximum atomic E-state index is 12.4. The summed E-state index contributed by atoms with van der Waals surface area (Å²) in [7, 11) is -3.49. The smallest absolute Gasteiger partial charge is 0.241 e. The van der Waals surface area contributed by atoms with E-state index in [1.54, 1.807) is 12.1 Å². The summed E-state index contributed by atoms with van der Waals surface area (Å²) in [6, 6.07) is 5.27. The van der Waals surface area contributed by atoms with Gasteiger partial charge < -0.3 is 10.1 Å². The van der Waals surface area contributed by atoms with E-state index >= 15 is 0 Å². The first-order chi connectivity index (χ1) is 8.99. The second-order valence-corrected chi connectivity index (χ2v) is 7.15. The van der Waals surface area contributed by atoms with Crippen LogP contribution in [0.5, 0.6) is 0 Å². The zero-order chi connectivity index (χ0) is 13.5. The minimum absolute atomic E-state index is 0.314. The van der Waals surface area contributed by atoms with E-state index in [-0.39, 0.29) is 0 Å². The van der Waals surface area contributed by atoms with Crippen LogP contribution in [0.3, 0.4) is 0 Å². The fraction of sp³-hybridized carbons (Fsp3) is 0.538. The monoisotopic (exact) mass is 282 g/mol. The lowest BCUT2D eigenvalue weighted by molar-refractivity contribution is 0.178. The summed E-state index contributed by atoms with van der Waals surface area (Å²) >= 11 is 0. The normalized spacial score (nSPS) is 26.2. The lowest BCUT2D eigenvalue weighted by atomic mass is 10.0. The molecule has 1 aromatic rings. The number of sulfonamides is 1. The van der Waals surface area contributed by atoms with Gasteiger partial charge in [0.05, 0.1) is 17.0 Å². The molecule has 1 unspecified atom stereocenters. The Kier molecular flexibility index (Phi) is 3.03. The van der Waals surface area contributed by atoms with Crippen LogP contribution in [0.25, 0.3) is 0 Å². The zero-order valence-corrected chi connectivity index (χ0v) is 11.7. The molecule has 2 N–H and O–H groups in total. The van der Waals surface area contributed by atoms with E-state index in [9.17, 15) is 8.42 Å². The van der Waals surface area contributed by atoms with Crippen LogP contribution >= 0.6 is 0 Å². The lowest BCUT2D eigenvalue weighted by Crippen LogP contribution is -2.46. The fourth-order valence-corrected chi connectivity index (χ4v) is 4.02. The van der Waals surface area contributed by atoms with E-state index in [1.807, 2.05) is 13.0 Å². The molecule has 0 spiro atoms. The van der Waals surface area contributed by atoms with Crippen LogP contribution in [0.15, 0.2) is 23.1 Å². The van der Waals surface area contributed by atoms with Crippen LogP contribution in [-0.4, -0.2) is 33.7 Å². The number of hydrogen-bond donors (Lipinski definition) is 2. The highest BCUT2D eigenvalue weighted by atomic mass is 32.2. The molecule has 1 fully saturated rings. The Hall–Kier alpha value is -1.11. The predicted octanol–water partition coefficient (Wildman–Crippen LogP) is 1.11. The highest BCUT2D eigenvalue weighted by molar-refractivity contribution is 7.89. The number of rotatable bonds is 3. The van der Waals surface area contributed by atoms with Crippen molar-refractivity contribution < 1.29 is 13.2 Å². The number of nitrogens with one attached hydrogen (secondary N) is 2. The highest BCUT2D eigenvalue weighted by Gasteiger charge is 2.34. The van der Waals surface area contributed by atoms with Crippen LogP contribution in [0.1, 0.15) is 18.9 Å². The second kappa shape index (κ2) is 4.47. The molecule has 0 bridgehead atoms. The van der Waals surface area contributed by atoms with Crippen molar-refractivity contribution in [1.82, 2.24) is 4.72 Å². The van der Waals surface area contributed by atoms with Crippen molar-refractivity contribution in [3.8, 4) is 0 Å². The number of ether oxygens (including phenoxy) is 1. The third kappa shape index (κ3) is 2.48. The van der Waals surface area contributed by atoms with Gasteiger partial charge in [-0.1, -0.05) is 6.07 Å². The average molecular weight is 282 g/mol. The molecule has 3 rings (SSSR count). The molecular formula is C13H18N2O3S. The van der Waals surface area contributed by atoms with Crippen molar-refractivity contribution in [1.29, 1.82) is 0 Å². The number of anilines is 1. The van der Waals surface area contributed by atoms with Gasteiger partial charge in [-0.15, -0.1) is 0 Å². The third-order valence-corrected chi connectivity index (χ3v) is 5.34. The van der Waals surface area contributed by atoms with Crippen LogP contribution in [0, 0.1) is 0 Å². The van der Waals surface area contributed by atoms with Gasteiger partial charge in [0.1, 0.15) is 0 Å². The van der Waals surface area contributed by atoms with Crippen molar-refractivity contribution in [3.05, 3.63) is 23.8 Å². The van der Waals surface area contributed by atoms with Crippen LogP contribution in [0.4, 0.5) is 5.69 Å². The van der Waals surface area contributed by atoms with Crippen molar-refractivity contribution in [3.63, 3.8) is 0 Å². The molecule has 0 radical (unpaired) electrons. The molecule has 1 aromatic carbocycles. The van der Waals surface area contributed by atoms with Crippen molar-refractivity contribution in [2.45, 2.75) is 30.2 Å². The van der Waals surface area contributed by atoms with E-state index in [0.717, 1.165) is 18.7 Å². The maximum absolute atomic E-state index is 12.4. The summed E-state index contributed by atoms with van der Waals surface area (Å²) in [6.07, 6.45) is 1.66. The highest BCUT2D eigenvalue weighted by Crippen LogP contribution is 2.27. The molecule has 1 atom stereocenters. The molecule has 0 aliphatic carbocycles. The van der Waals surface area contributed by atoms with Gasteiger partial charge in [-0.25, -0.2) is 13.1 Å². The summed E-state index contributed by atoms with van der Waals surface area (Å²) in [6.45, 7) is 3.78. The Morgan fingerprint density at radius 1 is 1.42 bits per heavy atom. The largest absolute Gasteiger partial charge is 0.384 e. The molecular weight excluding hydrogens is 264 g/mol. The van der Waals surface area contributed by atoms with E-state index in [2.05, 4.69) is 10.0 Å². The van der Waals surface area contributed by atoms with Gasteiger partial charge >= 0.3 is 0 Å². The Bertz CT molecular complexity index is 592. The van der Waals surface area contributed by atoms with E-state index in [4.69, 9.17) is 4.74 Å². The lowest BCUT2D eigenvalue weighted by Gasteiger charge is -2.23. The molecule has 0 aromatic heterocycles. The van der Waals surface area contributed by atoms with Crippen molar-refractivity contribution >= 4 is 15.7 Å². The van der Waals surface area contributed by atoms with E-state index in [0.29, 0.717) is 24.5 Å². The molecule has 2 heterocycles. The fourth-order valence-electron chi connectivity index (χ4n) is 2.57. The van der Waals surface area contributed by atoms with Gasteiger partial charge in [-0.2, -0.15) is 0 Å². The van der Waals surface area contributed by atoms with Gasteiger partial charge in [-0.3, -0.25) is 0 Å². The van der Waals surface area contributed by atoms with Crippen LogP contribution in [0.2, 0.25) is 0 Å². The van der Waals surface area contributed by atoms with Gasteiger partial charge in [-0.05, 0) is 37.5 Å². The molecule has 1 saturated heterocycles. The molecule has 19 heavy (non-hydrogen) atoms. The van der Waals surface area contributed by atoms with Gasteiger partial charge in [0.15, 0.2) is 0 Å². The van der Waals surface area contributed by atoms with Crippen molar-refractivity contribution in [2.24, 2.45) is 0 Å². The van der Waals surface area contributed by atoms with Gasteiger partial charge in [0, 0.05) is 18.8 Å². The number of fused-ring (bicyclic) bond motifs is 1. The second-order valence-electron chi connectivity index (χ2n) is 5.46. The summed E-state index contributed by atoms with van der Waals surface area (Å²) in [5.41, 5.74) is 1.61. The topological polar surface area (TPSA) is 67.4 Å². The third-order valence-electron chi connectivity index (χ3n) is 3.70. The van der Waals surface area contributed by atoms with Crippen LogP contribution in [-0.2, 0) is 21.2 Å². The molecule has 0 saturated carbocycles. The summed E-state index contributed by atoms with van der Waals surface area (Å²) in [4.78, 5) is 0.314. The van der Waals surface area contributed by atoms with E-state index in [1.165, 1.54) is 5.56 Å². The molecule has 2 aliphatic rings. The molecule has 5 nitrogen and oxygen atoms in total. The number of hydrogen-bond acceptors (Lipinski definition) is 4. The first kappa shape index (κ1) is 12.9. The summed E-state index contributed by atoms with van der Waals surface area (Å²) in [5, 5.41) is 3.20.